The third-order valence-corrected chi connectivity index (χ3v) is 5.66. The van der Waals surface area contributed by atoms with Gasteiger partial charge in [-0.15, -0.1) is 11.3 Å². The van der Waals surface area contributed by atoms with E-state index < -0.39 is 0 Å². The number of methoxy groups -OCH3 is 1. The Morgan fingerprint density at radius 2 is 2.20 bits per heavy atom. The third-order valence-electron chi connectivity index (χ3n) is 4.28. The highest BCUT2D eigenvalue weighted by Crippen LogP contribution is 2.40. The molecule has 25 heavy (non-hydrogen) atoms. The summed E-state index contributed by atoms with van der Waals surface area (Å²) < 4.78 is 4.99. The Bertz CT molecular complexity index is 799. The number of rotatable bonds is 3. The van der Waals surface area contributed by atoms with Crippen LogP contribution in [0.5, 0.6) is 0 Å². The Balaban J connectivity index is 1.82. The monoisotopic (exact) mass is 375 g/mol. The minimum absolute atomic E-state index is 0.314. The molecular weight excluding hydrogens is 354 g/mol. The molecule has 2 aromatic rings. The Morgan fingerprint density at radius 1 is 1.40 bits per heavy atom. The van der Waals surface area contributed by atoms with E-state index in [1.807, 2.05) is 19.1 Å². The number of hydrogen-bond donors (Lipinski definition) is 2. The molecule has 0 radical (unpaired) electrons. The van der Waals surface area contributed by atoms with Gasteiger partial charge in [0.2, 0.25) is 0 Å². The SMILES string of the molecule is COC(=O)c1c(NC(=S)Nc2ccc(C)cn2)sc2c1CCC(C)C2. The van der Waals surface area contributed by atoms with E-state index in [0.29, 0.717) is 22.4 Å². The number of nitrogens with zero attached hydrogens (tertiary/aromatic N) is 1. The van der Waals surface area contributed by atoms with Crippen LogP contribution >= 0.6 is 23.6 Å². The number of pyridine rings is 1. The van der Waals surface area contributed by atoms with E-state index >= 15 is 0 Å². The van der Waals surface area contributed by atoms with Crippen LogP contribution in [0, 0.1) is 12.8 Å². The predicted molar refractivity (Wildman–Crippen MR) is 106 cm³/mol. The maximum atomic E-state index is 12.3. The first-order chi connectivity index (χ1) is 12.0. The molecule has 7 heteroatoms. The second-order valence-electron chi connectivity index (χ2n) is 6.35. The molecule has 3 rings (SSSR count). The van der Waals surface area contributed by atoms with Crippen molar-refractivity contribution in [2.24, 2.45) is 5.92 Å². The number of esters is 1. The zero-order chi connectivity index (χ0) is 18.0. The molecule has 1 aliphatic carbocycles. The fourth-order valence-corrected chi connectivity index (χ4v) is 4.62. The number of anilines is 2. The molecule has 5 nitrogen and oxygen atoms in total. The third kappa shape index (κ3) is 3.99. The maximum absolute atomic E-state index is 12.3. The normalized spacial score (nSPS) is 16.0. The van der Waals surface area contributed by atoms with Crippen LogP contribution in [0.2, 0.25) is 0 Å². The number of carbonyl (C=O) groups excluding carboxylic acids is 1. The van der Waals surface area contributed by atoms with Gasteiger partial charge >= 0.3 is 5.97 Å². The van der Waals surface area contributed by atoms with Gasteiger partial charge in [0.25, 0.3) is 0 Å². The van der Waals surface area contributed by atoms with Crippen LogP contribution in [0.3, 0.4) is 0 Å². The van der Waals surface area contributed by atoms with Gasteiger partial charge in [-0.1, -0.05) is 13.0 Å². The van der Waals surface area contributed by atoms with Crippen LogP contribution in [0.15, 0.2) is 18.3 Å². The highest BCUT2D eigenvalue weighted by molar-refractivity contribution is 7.80. The maximum Gasteiger partial charge on any atom is 0.341 e. The zero-order valence-electron chi connectivity index (χ0n) is 14.5. The Hall–Kier alpha value is -1.99. The summed E-state index contributed by atoms with van der Waals surface area (Å²) in [6.07, 6.45) is 4.75. The molecule has 1 aliphatic rings. The van der Waals surface area contributed by atoms with Crippen LogP contribution < -0.4 is 10.6 Å². The highest BCUT2D eigenvalue weighted by Gasteiger charge is 2.28. The van der Waals surface area contributed by atoms with Gasteiger partial charge in [0, 0.05) is 11.1 Å². The molecule has 1 atom stereocenters. The van der Waals surface area contributed by atoms with Crippen molar-refractivity contribution in [2.75, 3.05) is 17.7 Å². The van der Waals surface area contributed by atoms with Crippen LogP contribution in [0.25, 0.3) is 0 Å². The summed E-state index contributed by atoms with van der Waals surface area (Å²) in [5.74, 6) is 0.981. The molecule has 0 bridgehead atoms. The molecule has 132 valence electrons. The van der Waals surface area contributed by atoms with Crippen molar-refractivity contribution in [1.29, 1.82) is 0 Å². The summed E-state index contributed by atoms with van der Waals surface area (Å²) >= 11 is 6.98. The number of nitrogens with one attached hydrogen (secondary N) is 2. The van der Waals surface area contributed by atoms with E-state index in [9.17, 15) is 4.79 Å². The summed E-state index contributed by atoms with van der Waals surface area (Å²) in [5, 5.41) is 7.37. The first-order valence-corrected chi connectivity index (χ1v) is 9.44. The smallest absolute Gasteiger partial charge is 0.341 e. The second-order valence-corrected chi connectivity index (χ2v) is 7.86. The van der Waals surface area contributed by atoms with E-state index in [0.717, 1.165) is 35.4 Å². The molecule has 2 heterocycles. The first kappa shape index (κ1) is 17.8. The number of carbonyl (C=O) groups is 1. The molecule has 2 aromatic heterocycles. The number of thiocarbonyl (C=S) groups is 1. The quantitative estimate of drug-likeness (QED) is 0.620. The lowest BCUT2D eigenvalue weighted by molar-refractivity contribution is 0.0601. The standard InChI is InChI=1S/C18H21N3O2S2/c1-10-4-6-12-13(8-10)25-16(15(12)17(22)23-3)21-18(24)20-14-7-5-11(2)9-19-14/h5,7,9-10H,4,6,8H2,1-3H3,(H2,19,20,21,24). The second kappa shape index (κ2) is 7.49. The van der Waals surface area contributed by atoms with Crippen LogP contribution in [-0.2, 0) is 17.6 Å². The Morgan fingerprint density at radius 3 is 2.88 bits per heavy atom. The molecule has 1 unspecified atom stereocenters. The van der Waals surface area contributed by atoms with E-state index in [1.165, 1.54) is 12.0 Å². The van der Waals surface area contributed by atoms with Crippen molar-refractivity contribution >= 4 is 45.5 Å². The zero-order valence-corrected chi connectivity index (χ0v) is 16.1. The summed E-state index contributed by atoms with van der Waals surface area (Å²) in [6, 6.07) is 3.83. The summed E-state index contributed by atoms with van der Waals surface area (Å²) in [6.45, 7) is 4.22. The van der Waals surface area contributed by atoms with Crippen LogP contribution in [-0.4, -0.2) is 23.2 Å². The Kier molecular flexibility index (Phi) is 5.34. The number of fused-ring (bicyclic) bond motifs is 1. The molecule has 0 aliphatic heterocycles. The van der Waals surface area contributed by atoms with Gasteiger partial charge in [0.15, 0.2) is 5.11 Å². The minimum atomic E-state index is -0.314. The first-order valence-electron chi connectivity index (χ1n) is 8.21. The lowest BCUT2D eigenvalue weighted by Gasteiger charge is -2.18. The number of aryl methyl sites for hydroxylation is 1. The van der Waals surface area contributed by atoms with Crippen LogP contribution in [0.4, 0.5) is 10.8 Å². The largest absolute Gasteiger partial charge is 0.465 e. The minimum Gasteiger partial charge on any atom is -0.465 e. The Labute approximate surface area is 156 Å². The summed E-state index contributed by atoms with van der Waals surface area (Å²) in [5.41, 5.74) is 2.81. The topological polar surface area (TPSA) is 63.2 Å². The molecule has 0 saturated heterocycles. The summed E-state index contributed by atoms with van der Waals surface area (Å²) in [4.78, 5) is 17.8. The number of hydrogen-bond acceptors (Lipinski definition) is 5. The van der Waals surface area contributed by atoms with Crippen molar-refractivity contribution in [3.05, 3.63) is 39.9 Å². The van der Waals surface area contributed by atoms with Crippen molar-refractivity contribution in [1.82, 2.24) is 4.98 Å². The fraction of sp³-hybridized carbons (Fsp3) is 0.389. The van der Waals surface area contributed by atoms with Crippen molar-refractivity contribution in [2.45, 2.75) is 33.1 Å². The van der Waals surface area contributed by atoms with E-state index in [2.05, 4.69) is 22.5 Å². The van der Waals surface area contributed by atoms with Crippen molar-refractivity contribution in [3.8, 4) is 0 Å². The molecular formula is C18H21N3O2S2. The predicted octanol–water partition coefficient (Wildman–Crippen LogP) is 4.17. The van der Waals surface area contributed by atoms with Crippen LogP contribution in [0.1, 0.15) is 39.7 Å². The average Bonchev–Trinajstić information content (AvgIpc) is 2.92. The van der Waals surface area contributed by atoms with Gasteiger partial charge in [-0.2, -0.15) is 0 Å². The van der Waals surface area contributed by atoms with E-state index in [-0.39, 0.29) is 5.97 Å². The van der Waals surface area contributed by atoms with Gasteiger partial charge in [-0.25, -0.2) is 9.78 Å². The lowest BCUT2D eigenvalue weighted by atomic mass is 9.88. The average molecular weight is 376 g/mol. The number of thiophene rings is 1. The van der Waals surface area contributed by atoms with Gasteiger partial charge in [-0.05, 0) is 61.5 Å². The van der Waals surface area contributed by atoms with E-state index in [4.69, 9.17) is 17.0 Å². The van der Waals surface area contributed by atoms with Gasteiger partial charge in [0.05, 0.1) is 12.7 Å². The molecule has 0 spiro atoms. The number of ether oxygens (including phenoxy) is 1. The van der Waals surface area contributed by atoms with Gasteiger partial charge in [0.1, 0.15) is 10.8 Å². The van der Waals surface area contributed by atoms with Crippen molar-refractivity contribution < 1.29 is 9.53 Å². The molecule has 2 N–H and O–H groups in total. The lowest BCUT2D eigenvalue weighted by Crippen LogP contribution is -2.21. The molecule has 0 aromatic carbocycles. The van der Waals surface area contributed by atoms with Crippen molar-refractivity contribution in [3.63, 3.8) is 0 Å². The van der Waals surface area contributed by atoms with Gasteiger partial charge in [-0.3, -0.25) is 0 Å². The summed E-state index contributed by atoms with van der Waals surface area (Å²) in [7, 11) is 1.41. The molecule has 0 fully saturated rings. The number of aromatic nitrogens is 1. The van der Waals surface area contributed by atoms with Gasteiger partial charge < -0.3 is 15.4 Å². The molecule has 0 amide bonds. The molecule has 0 saturated carbocycles. The van der Waals surface area contributed by atoms with E-state index in [1.54, 1.807) is 17.5 Å². The highest BCUT2D eigenvalue weighted by atomic mass is 32.1. The fourth-order valence-electron chi connectivity index (χ4n) is 2.95.